The fourth-order valence-electron chi connectivity index (χ4n) is 2.99. The molecule has 4 rings (SSSR count). The largest absolute Gasteiger partial charge is 0.486 e. The summed E-state index contributed by atoms with van der Waals surface area (Å²) < 4.78 is 16.3. The van der Waals surface area contributed by atoms with Crippen molar-refractivity contribution in [2.75, 3.05) is 25.1 Å². The zero-order valence-electron chi connectivity index (χ0n) is 14.4. The summed E-state index contributed by atoms with van der Waals surface area (Å²) in [5.74, 6) is 0.660. The lowest BCUT2D eigenvalue weighted by atomic mass is 10.1. The van der Waals surface area contributed by atoms with Crippen molar-refractivity contribution in [3.63, 3.8) is 0 Å². The van der Waals surface area contributed by atoms with E-state index in [4.69, 9.17) is 14.2 Å². The highest BCUT2D eigenvalue weighted by Crippen LogP contribution is 2.46. The second-order valence-electron chi connectivity index (χ2n) is 6.17. The zero-order chi connectivity index (χ0) is 18.1. The Balaban J connectivity index is 1.63. The Bertz CT molecular complexity index is 856. The van der Waals surface area contributed by atoms with Gasteiger partial charge in [0.2, 0.25) is 0 Å². The number of hydrogen-bond donors (Lipinski definition) is 1. The number of carbonyl (C=O) groups is 2. The van der Waals surface area contributed by atoms with Crippen molar-refractivity contribution in [2.24, 2.45) is 0 Å². The number of rotatable bonds is 5. The van der Waals surface area contributed by atoms with E-state index in [-0.39, 0.29) is 11.9 Å². The van der Waals surface area contributed by atoms with Gasteiger partial charge in [-0.1, -0.05) is 6.07 Å². The first-order valence-electron chi connectivity index (χ1n) is 8.67. The second-order valence-corrected chi connectivity index (χ2v) is 7.05. The third-order valence-corrected chi connectivity index (χ3v) is 5.27. The number of anilines is 1. The van der Waals surface area contributed by atoms with E-state index < -0.39 is 0 Å². The molecule has 1 amide bonds. The first kappa shape index (κ1) is 16.9. The van der Waals surface area contributed by atoms with Crippen LogP contribution in [-0.4, -0.2) is 31.7 Å². The normalized spacial score (nSPS) is 15.4. The number of benzene rings is 1. The van der Waals surface area contributed by atoms with Gasteiger partial charge in [0.05, 0.1) is 17.7 Å². The van der Waals surface area contributed by atoms with Gasteiger partial charge in [-0.15, -0.1) is 11.3 Å². The minimum absolute atomic E-state index is 0.295. The molecule has 1 aliphatic carbocycles. The second kappa shape index (κ2) is 6.99. The van der Waals surface area contributed by atoms with E-state index in [1.54, 1.807) is 25.1 Å². The number of hydrogen-bond acceptors (Lipinski definition) is 6. The fraction of sp³-hybridized carbons (Fsp3) is 0.368. The molecule has 6 nitrogen and oxygen atoms in total. The van der Waals surface area contributed by atoms with E-state index in [0.29, 0.717) is 53.4 Å². The smallest absolute Gasteiger partial charge is 0.341 e. The van der Waals surface area contributed by atoms with Gasteiger partial charge in [-0.2, -0.15) is 0 Å². The van der Waals surface area contributed by atoms with Crippen LogP contribution in [0.1, 0.15) is 52.0 Å². The predicted octanol–water partition coefficient (Wildman–Crippen LogP) is 3.83. The maximum Gasteiger partial charge on any atom is 0.341 e. The van der Waals surface area contributed by atoms with Crippen LogP contribution in [0, 0.1) is 0 Å². The van der Waals surface area contributed by atoms with E-state index in [1.165, 1.54) is 11.3 Å². The Hall–Kier alpha value is -2.54. The average Bonchev–Trinajstić information content (AvgIpc) is 3.42. The van der Waals surface area contributed by atoms with Crippen molar-refractivity contribution in [2.45, 2.75) is 25.7 Å². The summed E-state index contributed by atoms with van der Waals surface area (Å²) in [6.07, 6.45) is 2.13. The van der Waals surface area contributed by atoms with Crippen LogP contribution >= 0.6 is 11.3 Å². The van der Waals surface area contributed by atoms with Gasteiger partial charge in [-0.25, -0.2) is 4.79 Å². The van der Waals surface area contributed by atoms with E-state index >= 15 is 0 Å². The number of esters is 1. The van der Waals surface area contributed by atoms with E-state index in [9.17, 15) is 9.59 Å². The van der Waals surface area contributed by atoms with Gasteiger partial charge < -0.3 is 19.5 Å². The summed E-state index contributed by atoms with van der Waals surface area (Å²) in [7, 11) is 0. The third kappa shape index (κ3) is 3.14. The maximum absolute atomic E-state index is 12.8. The molecular weight excluding hydrogens is 354 g/mol. The van der Waals surface area contributed by atoms with Crippen LogP contribution in [0.4, 0.5) is 5.00 Å². The lowest BCUT2D eigenvalue weighted by Crippen LogP contribution is -2.20. The van der Waals surface area contributed by atoms with Gasteiger partial charge in [0.1, 0.15) is 18.2 Å². The number of nitrogens with one attached hydrogen (secondary N) is 1. The first-order chi connectivity index (χ1) is 12.7. The Morgan fingerprint density at radius 3 is 2.85 bits per heavy atom. The molecule has 0 saturated heterocycles. The molecule has 2 heterocycles. The molecule has 2 aromatic rings. The highest BCUT2D eigenvalue weighted by Gasteiger charge is 2.33. The molecule has 2 aliphatic rings. The summed E-state index contributed by atoms with van der Waals surface area (Å²) in [5.41, 5.74) is 1.84. The number of thiophene rings is 1. The van der Waals surface area contributed by atoms with Crippen LogP contribution in [-0.2, 0) is 4.74 Å². The van der Waals surface area contributed by atoms with E-state index in [2.05, 4.69) is 5.32 Å². The zero-order valence-corrected chi connectivity index (χ0v) is 15.2. The van der Waals surface area contributed by atoms with Crippen molar-refractivity contribution in [3.05, 3.63) is 40.3 Å². The summed E-state index contributed by atoms with van der Waals surface area (Å²) in [6.45, 7) is 2.92. The van der Waals surface area contributed by atoms with Gasteiger partial charge in [-0.05, 0) is 48.8 Å². The molecule has 0 atom stereocenters. The van der Waals surface area contributed by atoms with E-state index in [1.807, 2.05) is 5.38 Å². The third-order valence-electron chi connectivity index (χ3n) is 4.35. The standard InChI is InChI=1S/C19H19NO5S/c1-2-23-19(22)15-13(11-6-7-11)10-26-18(15)20-17(21)12-4-3-5-14-16(12)25-9-8-24-14/h3-5,10-11H,2,6-9H2,1H3,(H,20,21). The highest BCUT2D eigenvalue weighted by molar-refractivity contribution is 7.15. The van der Waals surface area contributed by atoms with Gasteiger partial charge in [0, 0.05) is 0 Å². The van der Waals surface area contributed by atoms with Crippen LogP contribution < -0.4 is 14.8 Å². The molecule has 1 N–H and O–H groups in total. The summed E-state index contributed by atoms with van der Waals surface area (Å²) in [6, 6.07) is 5.20. The summed E-state index contributed by atoms with van der Waals surface area (Å²) in [4.78, 5) is 25.2. The molecule has 26 heavy (non-hydrogen) atoms. The molecule has 7 heteroatoms. The molecule has 136 valence electrons. The topological polar surface area (TPSA) is 73.9 Å². The Morgan fingerprint density at radius 2 is 2.08 bits per heavy atom. The van der Waals surface area contributed by atoms with Crippen LogP contribution in [0.5, 0.6) is 11.5 Å². The minimum atomic E-state index is -0.388. The molecule has 1 aromatic heterocycles. The van der Waals surface area contributed by atoms with Crippen molar-refractivity contribution in [1.82, 2.24) is 0 Å². The summed E-state index contributed by atoms with van der Waals surface area (Å²) in [5, 5.41) is 5.32. The van der Waals surface area contributed by atoms with Crippen molar-refractivity contribution in [1.29, 1.82) is 0 Å². The fourth-order valence-corrected chi connectivity index (χ4v) is 4.02. The quantitative estimate of drug-likeness (QED) is 0.807. The monoisotopic (exact) mass is 373 g/mol. The molecule has 0 unspecified atom stereocenters. The molecule has 1 aliphatic heterocycles. The molecule has 1 saturated carbocycles. The van der Waals surface area contributed by atoms with E-state index in [0.717, 1.165) is 18.4 Å². The lowest BCUT2D eigenvalue weighted by molar-refractivity contribution is 0.0527. The molecular formula is C19H19NO5S. The van der Waals surface area contributed by atoms with Crippen molar-refractivity contribution < 1.29 is 23.8 Å². The summed E-state index contributed by atoms with van der Waals surface area (Å²) >= 11 is 1.35. The van der Waals surface area contributed by atoms with Crippen LogP contribution in [0.15, 0.2) is 23.6 Å². The molecule has 0 spiro atoms. The number of ether oxygens (including phenoxy) is 3. The molecule has 1 fully saturated rings. The van der Waals surface area contributed by atoms with Crippen LogP contribution in [0.2, 0.25) is 0 Å². The first-order valence-corrected chi connectivity index (χ1v) is 9.55. The molecule has 0 bridgehead atoms. The van der Waals surface area contributed by atoms with Gasteiger partial charge in [0.15, 0.2) is 11.5 Å². The number of amides is 1. The molecule has 0 radical (unpaired) electrons. The van der Waals surface area contributed by atoms with Gasteiger partial charge in [0.25, 0.3) is 5.91 Å². The Labute approximate surface area is 155 Å². The van der Waals surface area contributed by atoms with Crippen molar-refractivity contribution >= 4 is 28.2 Å². The molecule has 1 aromatic carbocycles. The van der Waals surface area contributed by atoms with Crippen LogP contribution in [0.25, 0.3) is 0 Å². The predicted molar refractivity (Wildman–Crippen MR) is 97.6 cm³/mol. The van der Waals surface area contributed by atoms with Crippen LogP contribution in [0.3, 0.4) is 0 Å². The Kier molecular flexibility index (Phi) is 4.55. The maximum atomic E-state index is 12.8. The average molecular weight is 373 g/mol. The number of fused-ring (bicyclic) bond motifs is 1. The minimum Gasteiger partial charge on any atom is -0.486 e. The highest BCUT2D eigenvalue weighted by atomic mass is 32.1. The van der Waals surface area contributed by atoms with Crippen molar-refractivity contribution in [3.8, 4) is 11.5 Å². The Morgan fingerprint density at radius 1 is 1.27 bits per heavy atom. The number of para-hydroxylation sites is 1. The lowest BCUT2D eigenvalue weighted by Gasteiger charge is -2.20. The van der Waals surface area contributed by atoms with Gasteiger partial charge >= 0.3 is 5.97 Å². The van der Waals surface area contributed by atoms with Gasteiger partial charge in [-0.3, -0.25) is 4.79 Å². The SMILES string of the molecule is CCOC(=O)c1c(C2CC2)csc1NC(=O)c1cccc2c1OCCO2. The number of carbonyl (C=O) groups excluding carboxylic acids is 2.